The first-order valence-corrected chi connectivity index (χ1v) is 11.1. The number of morpholine rings is 1. The SMILES string of the molecule is O=C(C1CC(=O)N(C2CCCCC2)C1)N1CCC(CN2CCOCC2)CC1. The van der Waals surface area contributed by atoms with Gasteiger partial charge in [0.15, 0.2) is 0 Å². The second-order valence-electron chi connectivity index (χ2n) is 8.92. The van der Waals surface area contributed by atoms with Gasteiger partial charge in [-0.1, -0.05) is 19.3 Å². The zero-order chi connectivity index (χ0) is 18.6. The van der Waals surface area contributed by atoms with Crippen molar-refractivity contribution in [1.29, 1.82) is 0 Å². The van der Waals surface area contributed by atoms with E-state index in [1.165, 1.54) is 19.3 Å². The standard InChI is InChI=1S/C21H35N3O3/c25-20-14-18(16-24(20)19-4-2-1-3-5-19)21(26)23-8-6-17(7-9-23)15-22-10-12-27-13-11-22/h17-19H,1-16H2. The largest absolute Gasteiger partial charge is 0.379 e. The van der Waals surface area contributed by atoms with Crippen LogP contribution in [0.3, 0.4) is 0 Å². The molecule has 2 amide bonds. The molecule has 3 aliphatic heterocycles. The van der Waals surface area contributed by atoms with Gasteiger partial charge in [0, 0.05) is 51.7 Å². The summed E-state index contributed by atoms with van der Waals surface area (Å²) in [5.74, 6) is 1.03. The summed E-state index contributed by atoms with van der Waals surface area (Å²) in [5, 5.41) is 0. The van der Waals surface area contributed by atoms with E-state index in [4.69, 9.17) is 4.74 Å². The van der Waals surface area contributed by atoms with Gasteiger partial charge in [-0.25, -0.2) is 0 Å². The normalized spacial score (nSPS) is 29.5. The number of nitrogens with zero attached hydrogens (tertiary/aromatic N) is 3. The average Bonchev–Trinajstić information content (AvgIpc) is 3.11. The van der Waals surface area contributed by atoms with Gasteiger partial charge in [0.25, 0.3) is 0 Å². The maximum atomic E-state index is 13.0. The molecule has 0 aromatic carbocycles. The lowest BCUT2D eigenvalue weighted by Crippen LogP contribution is -2.46. The second kappa shape index (κ2) is 8.91. The maximum absolute atomic E-state index is 13.0. The van der Waals surface area contributed by atoms with E-state index < -0.39 is 0 Å². The molecular weight excluding hydrogens is 342 g/mol. The third kappa shape index (κ3) is 4.65. The lowest BCUT2D eigenvalue weighted by molar-refractivity contribution is -0.137. The van der Waals surface area contributed by atoms with E-state index in [0.29, 0.717) is 24.9 Å². The number of hydrogen-bond donors (Lipinski definition) is 0. The molecule has 0 radical (unpaired) electrons. The van der Waals surface area contributed by atoms with Crippen molar-refractivity contribution in [2.24, 2.45) is 11.8 Å². The molecule has 27 heavy (non-hydrogen) atoms. The Balaban J connectivity index is 1.23. The first kappa shape index (κ1) is 19.2. The first-order valence-electron chi connectivity index (χ1n) is 11.1. The Hall–Kier alpha value is -1.14. The second-order valence-corrected chi connectivity index (χ2v) is 8.92. The van der Waals surface area contributed by atoms with Crippen LogP contribution < -0.4 is 0 Å². The Kier molecular flexibility index (Phi) is 6.33. The quantitative estimate of drug-likeness (QED) is 0.749. The molecule has 4 fully saturated rings. The summed E-state index contributed by atoms with van der Waals surface area (Å²) < 4.78 is 5.43. The summed E-state index contributed by atoms with van der Waals surface area (Å²) in [4.78, 5) is 32.1. The number of amides is 2. The highest BCUT2D eigenvalue weighted by molar-refractivity contribution is 5.89. The van der Waals surface area contributed by atoms with Gasteiger partial charge in [-0.05, 0) is 31.6 Å². The predicted molar refractivity (Wildman–Crippen MR) is 103 cm³/mol. The van der Waals surface area contributed by atoms with Crippen molar-refractivity contribution in [2.45, 2.75) is 57.4 Å². The third-order valence-corrected chi connectivity index (χ3v) is 7.07. The molecule has 3 heterocycles. The zero-order valence-corrected chi connectivity index (χ0v) is 16.6. The molecule has 1 atom stereocenters. The number of carbonyl (C=O) groups excluding carboxylic acids is 2. The molecule has 0 bridgehead atoms. The number of likely N-dealkylation sites (tertiary alicyclic amines) is 2. The molecule has 6 heteroatoms. The number of hydrogen-bond acceptors (Lipinski definition) is 4. The highest BCUT2D eigenvalue weighted by Crippen LogP contribution is 2.30. The molecule has 4 aliphatic rings. The van der Waals surface area contributed by atoms with Crippen molar-refractivity contribution in [2.75, 3.05) is 52.5 Å². The summed E-state index contributed by atoms with van der Waals surface area (Å²) in [5.41, 5.74) is 0. The third-order valence-electron chi connectivity index (χ3n) is 7.07. The zero-order valence-electron chi connectivity index (χ0n) is 16.6. The lowest BCUT2D eigenvalue weighted by atomic mass is 9.94. The van der Waals surface area contributed by atoms with Gasteiger partial charge in [0.2, 0.25) is 11.8 Å². The lowest BCUT2D eigenvalue weighted by Gasteiger charge is -2.37. The van der Waals surface area contributed by atoms with Gasteiger partial charge < -0.3 is 14.5 Å². The Bertz CT molecular complexity index is 521. The molecule has 4 rings (SSSR count). The molecule has 0 aromatic heterocycles. The fourth-order valence-corrected chi connectivity index (χ4v) is 5.39. The molecule has 1 aliphatic carbocycles. The van der Waals surface area contributed by atoms with Gasteiger partial charge in [-0.3, -0.25) is 14.5 Å². The summed E-state index contributed by atoms with van der Waals surface area (Å²) in [7, 11) is 0. The summed E-state index contributed by atoms with van der Waals surface area (Å²) >= 11 is 0. The van der Waals surface area contributed by atoms with E-state index in [0.717, 1.165) is 71.6 Å². The highest BCUT2D eigenvalue weighted by Gasteiger charge is 2.40. The molecule has 0 spiro atoms. The average molecular weight is 378 g/mol. The maximum Gasteiger partial charge on any atom is 0.227 e. The molecule has 152 valence electrons. The number of carbonyl (C=O) groups is 2. The van der Waals surface area contributed by atoms with Gasteiger partial charge in [0.1, 0.15) is 0 Å². The van der Waals surface area contributed by atoms with Crippen LogP contribution in [0.25, 0.3) is 0 Å². The van der Waals surface area contributed by atoms with Crippen molar-refractivity contribution in [3.8, 4) is 0 Å². The van der Waals surface area contributed by atoms with Crippen LogP contribution in [0, 0.1) is 11.8 Å². The fraction of sp³-hybridized carbons (Fsp3) is 0.905. The molecule has 0 aromatic rings. The highest BCUT2D eigenvalue weighted by atomic mass is 16.5. The predicted octanol–water partition coefficient (Wildman–Crippen LogP) is 1.74. The molecule has 1 unspecified atom stereocenters. The van der Waals surface area contributed by atoms with Crippen molar-refractivity contribution in [1.82, 2.24) is 14.7 Å². The van der Waals surface area contributed by atoms with Crippen LogP contribution in [0.15, 0.2) is 0 Å². The first-order chi connectivity index (χ1) is 13.2. The number of piperidine rings is 1. The number of ether oxygens (including phenoxy) is 1. The molecule has 1 saturated carbocycles. The Labute approximate surface area is 163 Å². The van der Waals surface area contributed by atoms with Crippen molar-refractivity contribution >= 4 is 11.8 Å². The summed E-state index contributed by atoms with van der Waals surface area (Å²) in [6.07, 6.45) is 8.61. The van der Waals surface area contributed by atoms with Gasteiger partial charge in [-0.15, -0.1) is 0 Å². The van der Waals surface area contributed by atoms with Gasteiger partial charge in [-0.2, -0.15) is 0 Å². The van der Waals surface area contributed by atoms with Crippen LogP contribution in [0.4, 0.5) is 0 Å². The van der Waals surface area contributed by atoms with Gasteiger partial charge in [0.05, 0.1) is 19.1 Å². The van der Waals surface area contributed by atoms with E-state index in [-0.39, 0.29) is 17.7 Å². The van der Waals surface area contributed by atoms with Crippen molar-refractivity contribution in [3.05, 3.63) is 0 Å². The molecular formula is C21H35N3O3. The van der Waals surface area contributed by atoms with Crippen LogP contribution in [0.2, 0.25) is 0 Å². The van der Waals surface area contributed by atoms with Crippen LogP contribution in [0.5, 0.6) is 0 Å². The van der Waals surface area contributed by atoms with Crippen LogP contribution in [0.1, 0.15) is 51.4 Å². The number of rotatable bonds is 4. The Morgan fingerprint density at radius 2 is 1.67 bits per heavy atom. The molecule has 0 N–H and O–H groups in total. The minimum Gasteiger partial charge on any atom is -0.379 e. The van der Waals surface area contributed by atoms with E-state index in [1.54, 1.807) is 0 Å². The van der Waals surface area contributed by atoms with Gasteiger partial charge >= 0.3 is 0 Å². The molecule has 6 nitrogen and oxygen atoms in total. The minimum absolute atomic E-state index is 0.102. The topological polar surface area (TPSA) is 53.1 Å². The van der Waals surface area contributed by atoms with Crippen molar-refractivity contribution in [3.63, 3.8) is 0 Å². The van der Waals surface area contributed by atoms with Crippen LogP contribution in [-0.4, -0.2) is 85.0 Å². The minimum atomic E-state index is -0.102. The Morgan fingerprint density at radius 3 is 2.37 bits per heavy atom. The van der Waals surface area contributed by atoms with E-state index >= 15 is 0 Å². The van der Waals surface area contributed by atoms with E-state index in [1.807, 2.05) is 9.80 Å². The van der Waals surface area contributed by atoms with Crippen LogP contribution in [-0.2, 0) is 14.3 Å². The van der Waals surface area contributed by atoms with Crippen LogP contribution >= 0.6 is 0 Å². The van der Waals surface area contributed by atoms with E-state index in [9.17, 15) is 9.59 Å². The molecule has 3 saturated heterocycles. The fourth-order valence-electron chi connectivity index (χ4n) is 5.39. The smallest absolute Gasteiger partial charge is 0.227 e. The summed E-state index contributed by atoms with van der Waals surface area (Å²) in [6, 6.07) is 0.392. The van der Waals surface area contributed by atoms with Crippen molar-refractivity contribution < 1.29 is 14.3 Å². The summed E-state index contributed by atoms with van der Waals surface area (Å²) in [6.45, 7) is 7.32. The van der Waals surface area contributed by atoms with E-state index in [2.05, 4.69) is 4.90 Å². The monoisotopic (exact) mass is 377 g/mol. The Morgan fingerprint density at radius 1 is 0.963 bits per heavy atom.